The van der Waals surface area contributed by atoms with E-state index in [0.717, 1.165) is 25.8 Å². The number of ketones is 1. The van der Waals surface area contributed by atoms with Gasteiger partial charge in [-0.3, -0.25) is 14.5 Å². The zero-order valence-electron chi connectivity index (χ0n) is 16.3. The normalized spacial score (nSPS) is 20.5. The number of rotatable bonds is 8. The quantitative estimate of drug-likeness (QED) is 0.720. The van der Waals surface area contributed by atoms with Crippen LogP contribution in [0.15, 0.2) is 18.2 Å². The fourth-order valence-electron chi connectivity index (χ4n) is 3.44. The third kappa shape index (κ3) is 4.75. The molecule has 1 aliphatic rings. The third-order valence-corrected chi connectivity index (χ3v) is 4.93. The molecule has 1 N–H and O–H groups in total. The standard InChI is InChI=1S/C20H30N2O4/c1-5-10-21-19(24)20(2)9-6-11-22(14-20)13-17(23)16-12-15(25-3)7-8-18(16)26-4/h7-8,12H,5-6,9-11,13-14H2,1-4H3,(H,21,24). The van der Waals surface area contributed by atoms with Crippen LogP contribution in [0.2, 0.25) is 0 Å². The van der Waals surface area contributed by atoms with Crippen molar-refractivity contribution in [1.82, 2.24) is 10.2 Å². The molecular weight excluding hydrogens is 332 g/mol. The van der Waals surface area contributed by atoms with Gasteiger partial charge in [-0.15, -0.1) is 0 Å². The summed E-state index contributed by atoms with van der Waals surface area (Å²) in [6, 6.07) is 5.22. The molecule has 1 aromatic carbocycles. The number of likely N-dealkylation sites (tertiary alicyclic amines) is 1. The molecule has 6 heteroatoms. The van der Waals surface area contributed by atoms with Crippen LogP contribution in [0.3, 0.4) is 0 Å². The molecule has 0 aromatic heterocycles. The molecule has 2 rings (SSSR count). The maximum atomic E-state index is 12.8. The topological polar surface area (TPSA) is 67.9 Å². The van der Waals surface area contributed by atoms with Gasteiger partial charge in [-0.2, -0.15) is 0 Å². The Morgan fingerprint density at radius 2 is 2.04 bits per heavy atom. The minimum absolute atomic E-state index is 0.0287. The maximum absolute atomic E-state index is 12.8. The first-order chi connectivity index (χ1) is 12.4. The first-order valence-electron chi connectivity index (χ1n) is 9.19. The zero-order valence-corrected chi connectivity index (χ0v) is 16.3. The second-order valence-electron chi connectivity index (χ2n) is 7.12. The lowest BCUT2D eigenvalue weighted by atomic mass is 9.80. The molecule has 0 bridgehead atoms. The fraction of sp³-hybridized carbons (Fsp3) is 0.600. The van der Waals surface area contributed by atoms with Gasteiger partial charge in [0.1, 0.15) is 11.5 Å². The van der Waals surface area contributed by atoms with Gasteiger partial charge in [-0.1, -0.05) is 6.92 Å². The van der Waals surface area contributed by atoms with Gasteiger partial charge in [0.2, 0.25) is 5.91 Å². The van der Waals surface area contributed by atoms with Crippen LogP contribution in [0, 0.1) is 5.41 Å². The van der Waals surface area contributed by atoms with Crippen molar-refractivity contribution in [3.8, 4) is 11.5 Å². The first-order valence-corrected chi connectivity index (χ1v) is 9.19. The lowest BCUT2D eigenvalue weighted by Crippen LogP contribution is -2.51. The number of methoxy groups -OCH3 is 2. The Bertz CT molecular complexity index is 647. The van der Waals surface area contributed by atoms with E-state index >= 15 is 0 Å². The number of nitrogens with zero attached hydrogens (tertiary/aromatic N) is 1. The summed E-state index contributed by atoms with van der Waals surface area (Å²) < 4.78 is 10.5. The van der Waals surface area contributed by atoms with E-state index in [1.165, 1.54) is 0 Å². The minimum atomic E-state index is -0.452. The van der Waals surface area contributed by atoms with Crippen molar-refractivity contribution in [3.05, 3.63) is 23.8 Å². The molecule has 1 atom stereocenters. The number of piperidine rings is 1. The lowest BCUT2D eigenvalue weighted by molar-refractivity contribution is -0.133. The van der Waals surface area contributed by atoms with Gasteiger partial charge in [0.25, 0.3) is 0 Å². The van der Waals surface area contributed by atoms with Crippen molar-refractivity contribution in [2.45, 2.75) is 33.1 Å². The summed E-state index contributed by atoms with van der Waals surface area (Å²) in [6.45, 7) is 6.38. The van der Waals surface area contributed by atoms with Crippen molar-refractivity contribution < 1.29 is 19.1 Å². The molecule has 0 aliphatic carbocycles. The smallest absolute Gasteiger partial charge is 0.227 e. The number of Topliss-reactive ketones (excluding diaryl/α,β-unsaturated/α-hetero) is 1. The van der Waals surface area contributed by atoms with Crippen molar-refractivity contribution in [2.24, 2.45) is 5.41 Å². The highest BCUT2D eigenvalue weighted by Crippen LogP contribution is 2.30. The average Bonchev–Trinajstić information content (AvgIpc) is 2.65. The van der Waals surface area contributed by atoms with Crippen LogP contribution in [-0.2, 0) is 4.79 Å². The summed E-state index contributed by atoms with van der Waals surface area (Å²) in [5.41, 5.74) is 0.0566. The van der Waals surface area contributed by atoms with Gasteiger partial charge >= 0.3 is 0 Å². The summed E-state index contributed by atoms with van der Waals surface area (Å²) in [5, 5.41) is 2.99. The molecule has 1 aromatic rings. The van der Waals surface area contributed by atoms with Crippen molar-refractivity contribution in [3.63, 3.8) is 0 Å². The van der Waals surface area contributed by atoms with E-state index in [9.17, 15) is 9.59 Å². The predicted octanol–water partition coefficient (Wildman–Crippen LogP) is 2.51. The van der Waals surface area contributed by atoms with Crippen molar-refractivity contribution in [1.29, 1.82) is 0 Å². The Labute approximate surface area is 155 Å². The Morgan fingerprint density at radius 1 is 1.27 bits per heavy atom. The molecule has 1 unspecified atom stereocenters. The highest BCUT2D eigenvalue weighted by molar-refractivity contribution is 6.00. The maximum Gasteiger partial charge on any atom is 0.227 e. The molecule has 0 radical (unpaired) electrons. The van der Waals surface area contributed by atoms with E-state index in [2.05, 4.69) is 10.2 Å². The number of carbonyl (C=O) groups is 2. The summed E-state index contributed by atoms with van der Waals surface area (Å²) in [4.78, 5) is 27.4. The van der Waals surface area contributed by atoms with Gasteiger partial charge in [0, 0.05) is 13.1 Å². The second kappa shape index (κ2) is 9.03. The molecule has 1 amide bonds. The molecule has 1 aliphatic heterocycles. The number of ether oxygens (including phenoxy) is 2. The SMILES string of the molecule is CCCNC(=O)C1(C)CCCN(CC(=O)c2cc(OC)ccc2OC)C1. The molecule has 0 saturated carbocycles. The third-order valence-electron chi connectivity index (χ3n) is 4.93. The molecule has 1 saturated heterocycles. The monoisotopic (exact) mass is 362 g/mol. The first kappa shape index (κ1) is 20.2. The van der Waals surface area contributed by atoms with Gasteiger partial charge in [-0.25, -0.2) is 0 Å². The zero-order chi connectivity index (χ0) is 19.2. The Kier molecular flexibility index (Phi) is 7.03. The summed E-state index contributed by atoms with van der Waals surface area (Å²) in [7, 11) is 3.12. The summed E-state index contributed by atoms with van der Waals surface area (Å²) in [6.07, 6.45) is 2.66. The Hall–Kier alpha value is -2.08. The summed E-state index contributed by atoms with van der Waals surface area (Å²) in [5.74, 6) is 1.21. The predicted molar refractivity (Wildman–Crippen MR) is 101 cm³/mol. The number of benzene rings is 1. The van der Waals surface area contributed by atoms with E-state index in [-0.39, 0.29) is 18.2 Å². The van der Waals surface area contributed by atoms with Crippen LogP contribution in [0.5, 0.6) is 11.5 Å². The van der Waals surface area contributed by atoms with Gasteiger partial charge in [0.15, 0.2) is 5.78 Å². The number of carbonyl (C=O) groups excluding carboxylic acids is 2. The van der Waals surface area contributed by atoms with Crippen molar-refractivity contribution in [2.75, 3.05) is 40.4 Å². The summed E-state index contributed by atoms with van der Waals surface area (Å²) >= 11 is 0. The van der Waals surface area contributed by atoms with E-state index in [1.807, 2.05) is 13.8 Å². The van der Waals surface area contributed by atoms with Gasteiger partial charge in [-0.05, 0) is 50.9 Å². The highest BCUT2D eigenvalue weighted by atomic mass is 16.5. The highest BCUT2D eigenvalue weighted by Gasteiger charge is 2.38. The van der Waals surface area contributed by atoms with Gasteiger partial charge in [0.05, 0.1) is 31.7 Å². The number of hydrogen-bond donors (Lipinski definition) is 1. The van der Waals surface area contributed by atoms with E-state index in [4.69, 9.17) is 9.47 Å². The number of amides is 1. The fourth-order valence-corrected chi connectivity index (χ4v) is 3.44. The second-order valence-corrected chi connectivity index (χ2v) is 7.12. The molecule has 1 fully saturated rings. The molecule has 1 heterocycles. The number of nitrogens with one attached hydrogen (secondary N) is 1. The van der Waals surface area contributed by atoms with Crippen LogP contribution in [0.1, 0.15) is 43.5 Å². The molecule has 26 heavy (non-hydrogen) atoms. The van der Waals surface area contributed by atoms with Crippen LogP contribution in [-0.4, -0.2) is 57.0 Å². The van der Waals surface area contributed by atoms with E-state index in [0.29, 0.717) is 30.2 Å². The molecule has 6 nitrogen and oxygen atoms in total. The van der Waals surface area contributed by atoms with Crippen LogP contribution in [0.4, 0.5) is 0 Å². The average molecular weight is 362 g/mol. The Morgan fingerprint density at radius 3 is 2.69 bits per heavy atom. The van der Waals surface area contributed by atoms with Gasteiger partial charge < -0.3 is 14.8 Å². The van der Waals surface area contributed by atoms with Crippen LogP contribution in [0.25, 0.3) is 0 Å². The molecule has 0 spiro atoms. The lowest BCUT2D eigenvalue weighted by Gasteiger charge is -2.39. The largest absolute Gasteiger partial charge is 0.497 e. The van der Waals surface area contributed by atoms with Crippen LogP contribution >= 0.6 is 0 Å². The molecule has 144 valence electrons. The number of hydrogen-bond acceptors (Lipinski definition) is 5. The van der Waals surface area contributed by atoms with E-state index < -0.39 is 5.41 Å². The van der Waals surface area contributed by atoms with Crippen molar-refractivity contribution >= 4 is 11.7 Å². The van der Waals surface area contributed by atoms with E-state index in [1.54, 1.807) is 32.4 Å². The molecular formula is C20H30N2O4. The minimum Gasteiger partial charge on any atom is -0.497 e. The van der Waals surface area contributed by atoms with Crippen LogP contribution < -0.4 is 14.8 Å². The Balaban J connectivity index is 2.08.